The van der Waals surface area contributed by atoms with E-state index in [0.29, 0.717) is 0 Å². The van der Waals surface area contributed by atoms with Crippen molar-refractivity contribution in [1.82, 2.24) is 0 Å². The Morgan fingerprint density at radius 1 is 0.197 bits per heavy atom. The van der Waals surface area contributed by atoms with Crippen LogP contribution in [0.4, 0.5) is 0 Å². The van der Waals surface area contributed by atoms with Gasteiger partial charge in [-0.25, -0.2) is 0 Å². The van der Waals surface area contributed by atoms with Crippen LogP contribution < -0.4 is 0 Å². The highest BCUT2D eigenvalue weighted by atomic mass is 32.3. The van der Waals surface area contributed by atoms with E-state index in [0.717, 1.165) is 0 Å². The molecule has 0 rings (SSSR count). The van der Waals surface area contributed by atoms with E-state index < -0.39 is 24.9 Å². The lowest BCUT2D eigenvalue weighted by Gasteiger charge is -2.28. The Morgan fingerprint density at radius 2 is 0.282 bits per heavy atom. The first-order valence-corrected chi connectivity index (χ1v) is 39.2. The maximum absolute atomic E-state index is 8.52. The first-order chi connectivity index (χ1) is 34.5. The standard InChI is InChI=1S/2C32H68P.H2O4S/c2*1-5-9-13-17-21-25-29-33(30-26-22-18-14-10-6-2,31-27-23-19-15-11-7-3)32-28-24-20-16-12-8-4;1-5(2,3)4/h2*5-32H2,1-4H3;(H2,1,2,3,4)/q2*+1;/p-2. The van der Waals surface area contributed by atoms with Gasteiger partial charge in [0.15, 0.2) is 0 Å². The van der Waals surface area contributed by atoms with Gasteiger partial charge in [-0.3, -0.25) is 8.42 Å². The second-order valence-electron chi connectivity index (χ2n) is 23.0. The summed E-state index contributed by atoms with van der Waals surface area (Å²) in [6.07, 6.45) is 84.3. The van der Waals surface area contributed by atoms with E-state index in [1.165, 1.54) is 257 Å². The molecule has 0 aromatic heterocycles. The van der Waals surface area contributed by atoms with Crippen LogP contribution >= 0.6 is 14.5 Å². The van der Waals surface area contributed by atoms with Crippen molar-refractivity contribution in [3.05, 3.63) is 0 Å². The fourth-order valence-corrected chi connectivity index (χ4v) is 21.0. The van der Waals surface area contributed by atoms with E-state index in [1.54, 1.807) is 101 Å². The first kappa shape index (κ1) is 76.0. The summed E-state index contributed by atoms with van der Waals surface area (Å²) in [7, 11) is -6.60. The molecule has 0 aromatic rings. The zero-order valence-corrected chi connectivity index (χ0v) is 53.1. The number of rotatable bonds is 56. The van der Waals surface area contributed by atoms with Crippen LogP contribution in [-0.4, -0.2) is 66.8 Å². The summed E-state index contributed by atoms with van der Waals surface area (Å²) in [5, 5.41) is 0. The van der Waals surface area contributed by atoms with Crippen LogP contribution in [0.2, 0.25) is 0 Å². The molecule has 0 saturated carbocycles. The molecule has 0 heterocycles. The molecule has 0 spiro atoms. The first-order valence-electron chi connectivity index (χ1n) is 32.9. The van der Waals surface area contributed by atoms with Gasteiger partial charge in [-0.2, -0.15) is 0 Å². The molecule has 0 aliphatic rings. The second kappa shape index (κ2) is 61.6. The molecular weight excluding hydrogens is 927 g/mol. The lowest BCUT2D eigenvalue weighted by Crippen LogP contribution is -2.13. The van der Waals surface area contributed by atoms with E-state index >= 15 is 0 Å². The van der Waals surface area contributed by atoms with Gasteiger partial charge in [0.2, 0.25) is 0 Å². The maximum atomic E-state index is 8.52. The van der Waals surface area contributed by atoms with E-state index in [9.17, 15) is 0 Å². The molecule has 0 aliphatic heterocycles. The Bertz CT molecular complexity index is 856. The fourth-order valence-electron chi connectivity index (χ4n) is 11.2. The molecule has 0 bridgehead atoms. The molecule has 7 heteroatoms. The van der Waals surface area contributed by atoms with Crippen LogP contribution in [0.15, 0.2) is 0 Å². The van der Waals surface area contributed by atoms with Gasteiger partial charge in [0.25, 0.3) is 0 Å². The topological polar surface area (TPSA) is 80.3 Å². The molecule has 4 nitrogen and oxygen atoms in total. The summed E-state index contributed by atoms with van der Waals surface area (Å²) in [4.78, 5) is 0. The van der Waals surface area contributed by atoms with E-state index in [-0.39, 0.29) is 0 Å². The SMILES string of the molecule is CCCCCCCC[P+](CCCCCCCC)(CCCCCCCC)CCCCCCCC.CCCCCCCC[P+](CCCCCCCC)(CCCCCCCC)CCCCCCCC.O=S(=O)([O-])[O-]. The van der Waals surface area contributed by atoms with Gasteiger partial charge < -0.3 is 9.11 Å². The molecule has 0 unspecified atom stereocenters. The maximum Gasteiger partial charge on any atom is 0.0594 e. The molecule has 0 fully saturated rings. The van der Waals surface area contributed by atoms with Gasteiger partial charge in [-0.05, 0) is 103 Å². The predicted octanol–water partition coefficient (Wildman–Crippen LogP) is 23.6. The van der Waals surface area contributed by atoms with E-state index in [2.05, 4.69) is 55.4 Å². The highest BCUT2D eigenvalue weighted by Gasteiger charge is 2.36. The summed E-state index contributed by atoms with van der Waals surface area (Å²) < 4.78 is 34.1. The monoisotopic (exact) mass is 1060 g/mol. The van der Waals surface area contributed by atoms with Crippen LogP contribution in [0.25, 0.3) is 0 Å². The van der Waals surface area contributed by atoms with Crippen molar-refractivity contribution in [3.63, 3.8) is 0 Å². The van der Waals surface area contributed by atoms with Crippen LogP contribution in [0, 0.1) is 0 Å². The van der Waals surface area contributed by atoms with Gasteiger partial charge in [0.1, 0.15) is 0 Å². The largest absolute Gasteiger partial charge is 0.759 e. The molecule has 0 radical (unpaired) electrons. The molecule has 432 valence electrons. The molecule has 71 heavy (non-hydrogen) atoms. The average molecular weight is 1060 g/mol. The van der Waals surface area contributed by atoms with E-state index in [4.69, 9.17) is 17.5 Å². The van der Waals surface area contributed by atoms with Crippen molar-refractivity contribution >= 4 is 24.9 Å². The molecule has 0 aliphatic carbocycles. The third-order valence-corrected chi connectivity index (χ3v) is 26.0. The van der Waals surface area contributed by atoms with Gasteiger partial charge >= 0.3 is 0 Å². The third-order valence-electron chi connectivity index (χ3n) is 15.9. The van der Waals surface area contributed by atoms with Crippen LogP contribution in [-0.2, 0) is 10.4 Å². The Morgan fingerprint density at radius 3 is 0.380 bits per heavy atom. The Labute approximate surface area is 453 Å². The van der Waals surface area contributed by atoms with E-state index in [1.807, 2.05) is 0 Å². The summed E-state index contributed by atoms with van der Waals surface area (Å²) >= 11 is 0. The lowest BCUT2D eigenvalue weighted by atomic mass is 10.1. The Balaban J connectivity index is -0.00000119. The number of hydrogen-bond donors (Lipinski definition) is 0. The van der Waals surface area contributed by atoms with Crippen LogP contribution in [0.5, 0.6) is 0 Å². The molecule has 0 atom stereocenters. The summed E-state index contributed by atoms with van der Waals surface area (Å²) in [6, 6.07) is 0. The Kier molecular flexibility index (Phi) is 65.9. The minimum atomic E-state index is -5.17. The predicted molar refractivity (Wildman–Crippen MR) is 330 cm³/mol. The van der Waals surface area contributed by atoms with Crippen LogP contribution in [0.3, 0.4) is 0 Å². The van der Waals surface area contributed by atoms with Crippen LogP contribution in [0.1, 0.15) is 364 Å². The van der Waals surface area contributed by atoms with Gasteiger partial charge in [0.05, 0.1) is 49.3 Å². The second-order valence-corrected chi connectivity index (χ2v) is 32.8. The van der Waals surface area contributed by atoms with Crippen molar-refractivity contribution < 1.29 is 17.5 Å². The highest BCUT2D eigenvalue weighted by molar-refractivity contribution is 7.79. The third kappa shape index (κ3) is 63.2. The van der Waals surface area contributed by atoms with Crippen molar-refractivity contribution in [2.45, 2.75) is 364 Å². The normalized spacial score (nSPS) is 12.0. The van der Waals surface area contributed by atoms with Gasteiger partial charge in [-0.1, -0.05) is 261 Å². The molecule has 0 amide bonds. The summed E-state index contributed by atoms with van der Waals surface area (Å²) in [6.45, 7) is 18.8. The van der Waals surface area contributed by atoms with Crippen molar-refractivity contribution in [2.24, 2.45) is 0 Å². The lowest BCUT2D eigenvalue weighted by molar-refractivity contribution is 0.352. The van der Waals surface area contributed by atoms with Crippen molar-refractivity contribution in [1.29, 1.82) is 0 Å². The smallest absolute Gasteiger partial charge is 0.0594 e. The molecule has 0 N–H and O–H groups in total. The fraction of sp³-hybridized carbons (Fsp3) is 1.00. The highest BCUT2D eigenvalue weighted by Crippen LogP contribution is 2.62. The Hall–Kier alpha value is 0.730. The quantitative estimate of drug-likeness (QED) is 0.0263. The zero-order chi connectivity index (χ0) is 53.1. The van der Waals surface area contributed by atoms with Crippen molar-refractivity contribution in [2.75, 3.05) is 49.3 Å². The van der Waals surface area contributed by atoms with Crippen molar-refractivity contribution in [3.8, 4) is 0 Å². The molecular formula is C64H136O4P2S. The van der Waals surface area contributed by atoms with Gasteiger partial charge in [0, 0.05) is 24.9 Å². The summed E-state index contributed by atoms with van der Waals surface area (Å²) in [5.41, 5.74) is 0. The minimum Gasteiger partial charge on any atom is -0.759 e. The zero-order valence-electron chi connectivity index (χ0n) is 50.5. The minimum absolute atomic E-state index is 0.718. The molecule has 0 aromatic carbocycles. The summed E-state index contributed by atoms with van der Waals surface area (Å²) in [5.74, 6) is 0. The average Bonchev–Trinajstić information content (AvgIpc) is 3.35. The number of hydrogen-bond acceptors (Lipinski definition) is 4. The number of unbranched alkanes of at least 4 members (excludes halogenated alkanes) is 40. The molecule has 0 saturated heterocycles. The van der Waals surface area contributed by atoms with Gasteiger partial charge in [-0.15, -0.1) is 0 Å².